The van der Waals surface area contributed by atoms with Crippen LogP contribution in [-0.4, -0.2) is 29.1 Å². The Morgan fingerprint density at radius 3 is 2.84 bits per heavy atom. The van der Waals surface area contributed by atoms with E-state index in [-0.39, 0.29) is 18.2 Å². The molecular weight excluding hydrogens is 399 g/mol. The number of nitrogens with one attached hydrogen (secondary N) is 2. The second-order valence-corrected chi connectivity index (χ2v) is 6.14. The highest BCUT2D eigenvalue weighted by Crippen LogP contribution is 2.16. The van der Waals surface area contributed by atoms with Crippen molar-refractivity contribution in [3.8, 4) is 0 Å². The van der Waals surface area contributed by atoms with Crippen molar-refractivity contribution in [2.45, 2.75) is 25.9 Å². The van der Waals surface area contributed by atoms with E-state index in [1.165, 1.54) is 18.5 Å². The number of imidazole rings is 1. The molecule has 1 aromatic heterocycles. The van der Waals surface area contributed by atoms with Gasteiger partial charge in [-0.1, -0.05) is 22.0 Å². The molecule has 0 atom stereocenters. The third kappa shape index (κ3) is 5.77. The van der Waals surface area contributed by atoms with E-state index in [9.17, 15) is 13.2 Å². The monoisotopic (exact) mass is 417 g/mol. The fourth-order valence-corrected chi connectivity index (χ4v) is 2.59. The summed E-state index contributed by atoms with van der Waals surface area (Å²) in [5, 5.41) is 5.99. The summed E-state index contributed by atoms with van der Waals surface area (Å²) in [5.74, 6) is 0.450. The lowest BCUT2D eigenvalue weighted by Gasteiger charge is -2.12. The van der Waals surface area contributed by atoms with Gasteiger partial charge in [-0.05, 0) is 30.5 Å². The highest BCUT2D eigenvalue weighted by atomic mass is 79.9. The number of benzene rings is 1. The summed E-state index contributed by atoms with van der Waals surface area (Å²) in [7, 11) is 1.59. The van der Waals surface area contributed by atoms with Crippen LogP contribution in [0, 0.1) is 5.82 Å². The van der Waals surface area contributed by atoms with Gasteiger partial charge in [0.05, 0.1) is 6.54 Å². The number of hydrogen-bond acceptors (Lipinski definition) is 2. The van der Waals surface area contributed by atoms with E-state index in [2.05, 4.69) is 36.5 Å². The minimum Gasteiger partial charge on any atom is -0.356 e. The van der Waals surface area contributed by atoms with Crippen LogP contribution in [0.25, 0.3) is 0 Å². The molecule has 0 saturated heterocycles. The minimum absolute atomic E-state index is 0.123. The van der Waals surface area contributed by atoms with Crippen molar-refractivity contribution >= 4 is 21.9 Å². The Balaban J connectivity index is 1.76. The van der Waals surface area contributed by atoms with E-state index < -0.39 is 6.55 Å². The average Bonchev–Trinajstić information content (AvgIpc) is 3.04. The number of hydrogen-bond donors (Lipinski definition) is 2. The summed E-state index contributed by atoms with van der Waals surface area (Å²) in [6.45, 7) is -1.94. The lowest BCUT2D eigenvalue weighted by atomic mass is 10.1. The molecular formula is C16H19BrF3N5. The molecule has 0 radical (unpaired) electrons. The third-order valence-corrected chi connectivity index (χ3v) is 4.02. The summed E-state index contributed by atoms with van der Waals surface area (Å²) < 4.78 is 40.7. The first-order valence-corrected chi connectivity index (χ1v) is 8.49. The summed E-state index contributed by atoms with van der Waals surface area (Å²) in [4.78, 5) is 7.91. The molecule has 1 heterocycles. The molecule has 2 N–H and O–H groups in total. The highest BCUT2D eigenvalue weighted by Gasteiger charge is 2.11. The average molecular weight is 418 g/mol. The Hall–Kier alpha value is -2.03. The first-order valence-electron chi connectivity index (χ1n) is 7.69. The van der Waals surface area contributed by atoms with Gasteiger partial charge in [0.25, 0.3) is 0 Å². The first kappa shape index (κ1) is 19.3. The zero-order chi connectivity index (χ0) is 18.2. The van der Waals surface area contributed by atoms with Crippen molar-refractivity contribution in [2.24, 2.45) is 4.99 Å². The van der Waals surface area contributed by atoms with Crippen molar-refractivity contribution in [3.05, 3.63) is 52.3 Å². The van der Waals surface area contributed by atoms with Crippen LogP contribution in [0.5, 0.6) is 0 Å². The maximum atomic E-state index is 13.7. The number of aryl methyl sites for hydroxylation is 1. The summed E-state index contributed by atoms with van der Waals surface area (Å²) in [5.41, 5.74) is 0.645. The smallest absolute Gasteiger partial charge is 0.319 e. The Bertz CT molecular complexity index is 718. The molecule has 0 amide bonds. The third-order valence-electron chi connectivity index (χ3n) is 3.53. The molecule has 25 heavy (non-hydrogen) atoms. The maximum Gasteiger partial charge on any atom is 0.319 e. The second kappa shape index (κ2) is 9.45. The van der Waals surface area contributed by atoms with Crippen LogP contribution in [0.3, 0.4) is 0 Å². The van der Waals surface area contributed by atoms with E-state index >= 15 is 0 Å². The van der Waals surface area contributed by atoms with Crippen molar-refractivity contribution in [1.29, 1.82) is 0 Å². The van der Waals surface area contributed by atoms with Crippen LogP contribution in [0.4, 0.5) is 13.2 Å². The van der Waals surface area contributed by atoms with Crippen LogP contribution in [0.15, 0.2) is 40.1 Å². The van der Waals surface area contributed by atoms with Crippen molar-refractivity contribution in [1.82, 2.24) is 20.2 Å². The van der Waals surface area contributed by atoms with Crippen LogP contribution < -0.4 is 10.6 Å². The van der Waals surface area contributed by atoms with Gasteiger partial charge < -0.3 is 10.6 Å². The fraction of sp³-hybridized carbons (Fsp3) is 0.375. The fourth-order valence-electron chi connectivity index (χ4n) is 2.25. The molecule has 0 aliphatic heterocycles. The Morgan fingerprint density at radius 2 is 2.16 bits per heavy atom. The quantitative estimate of drug-likeness (QED) is 0.411. The molecule has 0 spiro atoms. The number of nitrogens with zero attached hydrogens (tertiary/aromatic N) is 3. The zero-order valence-corrected chi connectivity index (χ0v) is 15.2. The van der Waals surface area contributed by atoms with E-state index in [4.69, 9.17) is 0 Å². The normalized spacial score (nSPS) is 11.8. The van der Waals surface area contributed by atoms with Gasteiger partial charge in [0.2, 0.25) is 0 Å². The molecule has 0 aliphatic carbocycles. The van der Waals surface area contributed by atoms with Crippen molar-refractivity contribution in [2.75, 3.05) is 13.6 Å². The molecule has 2 aromatic rings. The topological polar surface area (TPSA) is 54.2 Å². The Kier molecular flexibility index (Phi) is 7.30. The Morgan fingerprint density at radius 1 is 1.36 bits per heavy atom. The van der Waals surface area contributed by atoms with E-state index in [0.29, 0.717) is 35.4 Å². The summed E-state index contributed by atoms with van der Waals surface area (Å²) >= 11 is 3.22. The molecule has 9 heteroatoms. The van der Waals surface area contributed by atoms with E-state index in [0.717, 1.165) is 4.57 Å². The number of rotatable bonds is 7. The summed E-state index contributed by atoms with van der Waals surface area (Å²) in [6, 6.07) is 4.99. The number of aromatic nitrogens is 2. The molecule has 0 fully saturated rings. The van der Waals surface area contributed by atoms with E-state index in [1.54, 1.807) is 19.2 Å². The van der Waals surface area contributed by atoms with Crippen LogP contribution >= 0.6 is 15.9 Å². The lowest BCUT2D eigenvalue weighted by molar-refractivity contribution is 0.0668. The van der Waals surface area contributed by atoms with Crippen LogP contribution in [0.1, 0.15) is 24.4 Å². The van der Waals surface area contributed by atoms with Gasteiger partial charge in [-0.15, -0.1) is 0 Å². The van der Waals surface area contributed by atoms with E-state index in [1.807, 2.05) is 0 Å². The standard InChI is InChI=1S/C16H19BrF3N5/c1-21-16(24-10-14-22-7-8-25(14)15(19)20)23-6-2-3-11-4-5-12(17)9-13(11)18/h4-5,7-9,15H,2-3,6,10H2,1H3,(H2,21,23,24). The molecule has 5 nitrogen and oxygen atoms in total. The van der Waals surface area contributed by atoms with Gasteiger partial charge in [-0.3, -0.25) is 9.56 Å². The first-order chi connectivity index (χ1) is 12.0. The second-order valence-electron chi connectivity index (χ2n) is 5.22. The lowest BCUT2D eigenvalue weighted by Crippen LogP contribution is -2.38. The molecule has 0 bridgehead atoms. The van der Waals surface area contributed by atoms with Gasteiger partial charge in [0, 0.05) is 30.5 Å². The number of halogens is 4. The molecule has 1 aromatic carbocycles. The zero-order valence-electron chi connectivity index (χ0n) is 13.6. The van der Waals surface area contributed by atoms with Gasteiger partial charge in [-0.2, -0.15) is 8.78 Å². The predicted molar refractivity (Wildman–Crippen MR) is 94.1 cm³/mol. The maximum absolute atomic E-state index is 13.7. The van der Waals surface area contributed by atoms with Gasteiger partial charge in [-0.25, -0.2) is 9.37 Å². The molecule has 0 unspecified atom stereocenters. The summed E-state index contributed by atoms with van der Waals surface area (Å²) in [6.07, 6.45) is 3.83. The minimum atomic E-state index is -2.63. The van der Waals surface area contributed by atoms with Crippen molar-refractivity contribution < 1.29 is 13.2 Å². The Labute approximate surface area is 152 Å². The highest BCUT2D eigenvalue weighted by molar-refractivity contribution is 9.10. The van der Waals surface area contributed by atoms with Gasteiger partial charge >= 0.3 is 6.55 Å². The molecule has 2 rings (SSSR count). The molecule has 136 valence electrons. The number of aliphatic imine (C=N–C) groups is 1. The molecule has 0 aliphatic rings. The molecule has 0 saturated carbocycles. The number of alkyl halides is 2. The van der Waals surface area contributed by atoms with Crippen LogP contribution in [-0.2, 0) is 13.0 Å². The van der Waals surface area contributed by atoms with Gasteiger partial charge in [0.1, 0.15) is 11.6 Å². The number of guanidine groups is 1. The largest absolute Gasteiger partial charge is 0.356 e. The SMILES string of the molecule is CN=C(NCCCc1ccc(Br)cc1F)NCc1nccn1C(F)F. The van der Waals surface area contributed by atoms with Gasteiger partial charge in [0.15, 0.2) is 5.96 Å². The predicted octanol–water partition coefficient (Wildman–Crippen LogP) is 3.48. The van der Waals surface area contributed by atoms with Crippen molar-refractivity contribution in [3.63, 3.8) is 0 Å². The van der Waals surface area contributed by atoms with Crippen LogP contribution in [0.2, 0.25) is 0 Å².